The Labute approximate surface area is 152 Å². The number of carboxylic acid groups (broad SMARTS) is 1. The second-order valence-electron chi connectivity index (χ2n) is 5.30. The maximum absolute atomic E-state index is 9.13. The van der Waals surface area contributed by atoms with Crippen LogP contribution in [0.25, 0.3) is 0 Å². The first kappa shape index (κ1) is 26.3. The van der Waals surface area contributed by atoms with Gasteiger partial charge >= 0.3 is 29.6 Å². The predicted octanol–water partition coefficient (Wildman–Crippen LogP) is -0.589. The largest absolute Gasteiger partial charge is 1.00 e. The van der Waals surface area contributed by atoms with Crippen molar-refractivity contribution in [3.8, 4) is 0 Å². The zero-order valence-electron chi connectivity index (χ0n) is 14.3. The minimum absolute atomic E-state index is 0. The van der Waals surface area contributed by atoms with E-state index in [1.54, 1.807) is 0 Å². The van der Waals surface area contributed by atoms with Gasteiger partial charge in [-0.15, -0.1) is 0 Å². The predicted molar refractivity (Wildman–Crippen MR) is 80.2 cm³/mol. The summed E-state index contributed by atoms with van der Waals surface area (Å²) in [5, 5.41) is 26.6. The van der Waals surface area contributed by atoms with Crippen LogP contribution in [0.3, 0.4) is 0 Å². The van der Waals surface area contributed by atoms with E-state index in [0.29, 0.717) is 0 Å². The van der Waals surface area contributed by atoms with Gasteiger partial charge in [0.25, 0.3) is 0 Å². The third-order valence-electron chi connectivity index (χ3n) is 3.10. The van der Waals surface area contributed by atoms with Gasteiger partial charge in [-0.1, -0.05) is 71.1 Å². The zero-order valence-corrected chi connectivity index (χ0v) is 16.3. The molecule has 122 valence electrons. The van der Waals surface area contributed by atoms with Crippen molar-refractivity contribution in [1.82, 2.24) is 0 Å². The molecule has 0 aromatic rings. The molecule has 0 aromatic carbocycles. The fourth-order valence-corrected chi connectivity index (χ4v) is 1.96. The van der Waals surface area contributed by atoms with Gasteiger partial charge in [-0.3, -0.25) is 0 Å². The van der Waals surface area contributed by atoms with E-state index in [4.69, 9.17) is 20.1 Å². The molecule has 5 heteroatoms. The van der Waals surface area contributed by atoms with Crippen LogP contribution in [0.4, 0.5) is 0 Å². The molecule has 0 fully saturated rings. The van der Waals surface area contributed by atoms with Crippen molar-refractivity contribution in [2.75, 3.05) is 6.61 Å². The molecule has 0 saturated carbocycles. The van der Waals surface area contributed by atoms with Gasteiger partial charge in [0.1, 0.15) is 0 Å². The zero-order chi connectivity index (χ0) is 15.6. The Balaban J connectivity index is -0.000000572. The number of carbonyl (C=O) groups is 1. The number of unbranched alkanes of at least 4 members (excludes halogenated alkanes) is 9. The summed E-state index contributed by atoms with van der Waals surface area (Å²) in [4.78, 5) is 8.89. The first-order chi connectivity index (χ1) is 9.54. The number of carboxylic acids is 1. The number of aliphatic carboxylic acids is 1. The maximum Gasteiger partial charge on any atom is 1.00 e. The van der Waals surface area contributed by atoms with Gasteiger partial charge in [0.05, 0.1) is 12.7 Å². The molecule has 0 aliphatic heterocycles. The molecular weight excluding hydrogens is 279 g/mol. The first-order valence-corrected chi connectivity index (χ1v) is 8.01. The summed E-state index contributed by atoms with van der Waals surface area (Å²) >= 11 is 0. The van der Waals surface area contributed by atoms with Crippen LogP contribution in [0.2, 0.25) is 0 Å². The topological polar surface area (TPSA) is 80.6 Å². The molecule has 0 aliphatic carbocycles. The van der Waals surface area contributed by atoms with Gasteiger partial charge in [-0.25, -0.2) is 0 Å². The molecular formula is C16H33NaO4. The number of aliphatic hydroxyl groups excluding tert-OH is 2. The molecule has 0 spiro atoms. The molecule has 1 atom stereocenters. The van der Waals surface area contributed by atoms with E-state index < -0.39 is 12.1 Å². The first-order valence-electron chi connectivity index (χ1n) is 8.01. The standard InChI is InChI=1S/C14H30O2.C2H4O2.Na/c1-2-3-4-5-6-7-8-9-10-11-12-14(16)13-15;1-2(3)4;/h14-16H,2-13H2,1H3;1H3,(H,3,4);/q;;+1/p-1. The molecule has 0 aliphatic rings. The van der Waals surface area contributed by atoms with Crippen molar-refractivity contribution >= 4 is 5.97 Å². The molecule has 0 heterocycles. The third kappa shape index (κ3) is 33.3. The van der Waals surface area contributed by atoms with Crippen LogP contribution < -0.4 is 34.7 Å². The van der Waals surface area contributed by atoms with Crippen LogP contribution in [0.15, 0.2) is 0 Å². The quantitative estimate of drug-likeness (QED) is 0.373. The number of rotatable bonds is 12. The number of hydrogen-bond donors (Lipinski definition) is 2. The minimum Gasteiger partial charge on any atom is -0.550 e. The van der Waals surface area contributed by atoms with Crippen molar-refractivity contribution in [3.05, 3.63) is 0 Å². The smallest absolute Gasteiger partial charge is 0.550 e. The monoisotopic (exact) mass is 312 g/mol. The van der Waals surface area contributed by atoms with E-state index in [0.717, 1.165) is 19.8 Å². The Morgan fingerprint density at radius 2 is 1.29 bits per heavy atom. The van der Waals surface area contributed by atoms with Crippen LogP contribution in [0.5, 0.6) is 0 Å². The van der Waals surface area contributed by atoms with E-state index in [2.05, 4.69) is 6.92 Å². The molecule has 0 rings (SSSR count). The molecule has 2 N–H and O–H groups in total. The number of carbonyl (C=O) groups excluding carboxylic acids is 1. The summed E-state index contributed by atoms with van der Waals surface area (Å²) in [6.45, 7) is 3.14. The summed E-state index contributed by atoms with van der Waals surface area (Å²) in [5.74, 6) is -1.08. The van der Waals surface area contributed by atoms with Gasteiger partial charge in [-0.2, -0.15) is 0 Å². The van der Waals surface area contributed by atoms with Crippen LogP contribution in [0, 0.1) is 0 Å². The Hall–Kier alpha value is 0.390. The fourth-order valence-electron chi connectivity index (χ4n) is 1.96. The van der Waals surface area contributed by atoms with E-state index >= 15 is 0 Å². The Morgan fingerprint density at radius 1 is 0.952 bits per heavy atom. The van der Waals surface area contributed by atoms with Crippen LogP contribution in [-0.4, -0.2) is 28.9 Å². The van der Waals surface area contributed by atoms with Crippen molar-refractivity contribution in [1.29, 1.82) is 0 Å². The van der Waals surface area contributed by atoms with Crippen molar-refractivity contribution in [2.24, 2.45) is 0 Å². The van der Waals surface area contributed by atoms with E-state index in [9.17, 15) is 0 Å². The molecule has 4 nitrogen and oxygen atoms in total. The van der Waals surface area contributed by atoms with Crippen LogP contribution in [-0.2, 0) is 4.79 Å². The average molecular weight is 312 g/mol. The second-order valence-corrected chi connectivity index (χ2v) is 5.30. The van der Waals surface area contributed by atoms with Crippen molar-refractivity contribution < 1.29 is 49.7 Å². The summed E-state index contributed by atoms with van der Waals surface area (Å²) in [6.07, 6.45) is 13.4. The van der Waals surface area contributed by atoms with Gasteiger partial charge in [-0.05, 0) is 13.3 Å². The normalized spacial score (nSPS) is 11.0. The Morgan fingerprint density at radius 3 is 1.62 bits per heavy atom. The molecule has 21 heavy (non-hydrogen) atoms. The molecule has 1 unspecified atom stereocenters. The number of aliphatic hydroxyl groups is 2. The summed E-state index contributed by atoms with van der Waals surface area (Å²) < 4.78 is 0. The van der Waals surface area contributed by atoms with E-state index in [-0.39, 0.29) is 36.2 Å². The fraction of sp³-hybridized carbons (Fsp3) is 0.938. The third-order valence-corrected chi connectivity index (χ3v) is 3.10. The minimum atomic E-state index is -1.08. The van der Waals surface area contributed by atoms with Gasteiger partial charge in [0, 0.05) is 5.97 Å². The SMILES string of the molecule is CC(=O)[O-].CCCCCCCCCCCCC(O)CO.[Na+]. The van der Waals surface area contributed by atoms with Crippen molar-refractivity contribution in [3.63, 3.8) is 0 Å². The van der Waals surface area contributed by atoms with Gasteiger partial charge in [0.2, 0.25) is 0 Å². The molecule has 0 radical (unpaired) electrons. The maximum atomic E-state index is 9.13. The molecule has 0 amide bonds. The molecule has 0 bridgehead atoms. The number of hydrogen-bond acceptors (Lipinski definition) is 4. The molecule has 0 saturated heterocycles. The van der Waals surface area contributed by atoms with Gasteiger partial charge in [0.15, 0.2) is 0 Å². The Kier molecular flexibility index (Phi) is 28.4. The van der Waals surface area contributed by atoms with E-state index in [1.165, 1.54) is 57.8 Å². The van der Waals surface area contributed by atoms with Crippen LogP contribution >= 0.6 is 0 Å². The van der Waals surface area contributed by atoms with Crippen molar-refractivity contribution in [2.45, 2.75) is 90.6 Å². The molecule has 0 aromatic heterocycles. The van der Waals surface area contributed by atoms with E-state index in [1.807, 2.05) is 0 Å². The summed E-state index contributed by atoms with van der Waals surface area (Å²) in [7, 11) is 0. The second kappa shape index (κ2) is 22.7. The van der Waals surface area contributed by atoms with Crippen LogP contribution in [0.1, 0.15) is 84.5 Å². The summed E-state index contributed by atoms with van der Waals surface area (Å²) in [6, 6.07) is 0. The Bertz CT molecular complexity index is 197. The average Bonchev–Trinajstić information content (AvgIpc) is 2.40. The summed E-state index contributed by atoms with van der Waals surface area (Å²) in [5.41, 5.74) is 0. The van der Waals surface area contributed by atoms with Gasteiger partial charge < -0.3 is 20.1 Å².